The van der Waals surface area contributed by atoms with Crippen molar-refractivity contribution in [2.75, 3.05) is 6.54 Å². The van der Waals surface area contributed by atoms with Crippen LogP contribution >= 0.6 is 0 Å². The molecular weight excluding hydrogens is 458 g/mol. The molecule has 3 atom stereocenters. The molecule has 8 heteroatoms. The summed E-state index contributed by atoms with van der Waals surface area (Å²) in [6.45, 7) is 18.7. The standard InChI is InChI=1S/C28H45N3O5/c1-10-12-20(6)29-25(33)24(21-13-14-23(32)19(5)17-21)31(15-11-2)26(34)22(16-18(3)4)30-27(35)36-28(7,8)9/h11,13-14,17-18,20,22,24,32H,2,10,12,15-16H2,1,3-9H3,(H,29,33)(H,30,35). The maximum absolute atomic E-state index is 13.9. The van der Waals surface area contributed by atoms with Gasteiger partial charge in [0, 0.05) is 12.6 Å². The van der Waals surface area contributed by atoms with E-state index in [0.717, 1.165) is 12.8 Å². The minimum atomic E-state index is -0.982. The molecule has 202 valence electrons. The number of benzene rings is 1. The molecule has 3 N–H and O–H groups in total. The Kier molecular flexibility index (Phi) is 12.0. The number of aryl methyl sites for hydroxylation is 1. The molecule has 0 aromatic heterocycles. The molecule has 0 radical (unpaired) electrons. The predicted octanol–water partition coefficient (Wildman–Crippen LogP) is 5.00. The third-order valence-corrected chi connectivity index (χ3v) is 5.51. The second-order valence-electron chi connectivity index (χ2n) is 10.8. The zero-order chi connectivity index (χ0) is 27.6. The van der Waals surface area contributed by atoms with Crippen LogP contribution in [-0.2, 0) is 14.3 Å². The Balaban J connectivity index is 3.49. The summed E-state index contributed by atoms with van der Waals surface area (Å²) in [5, 5.41) is 15.8. The molecule has 1 aromatic rings. The zero-order valence-corrected chi connectivity index (χ0v) is 23.2. The van der Waals surface area contributed by atoms with Crippen LogP contribution in [0.25, 0.3) is 0 Å². The SMILES string of the molecule is C=CCN(C(=O)C(CC(C)C)NC(=O)OC(C)(C)C)C(C(=O)NC(C)CCC)c1ccc(O)c(C)c1. The van der Waals surface area contributed by atoms with Crippen molar-refractivity contribution in [3.63, 3.8) is 0 Å². The van der Waals surface area contributed by atoms with Crippen LogP contribution in [-0.4, -0.2) is 52.1 Å². The van der Waals surface area contributed by atoms with E-state index in [1.807, 2.05) is 27.7 Å². The second kappa shape index (κ2) is 13.9. The van der Waals surface area contributed by atoms with Crippen molar-refractivity contribution in [1.29, 1.82) is 0 Å². The molecule has 3 amide bonds. The van der Waals surface area contributed by atoms with Crippen molar-refractivity contribution in [2.45, 2.75) is 98.4 Å². The van der Waals surface area contributed by atoms with E-state index in [-0.39, 0.29) is 30.2 Å². The number of phenols is 1. The number of hydrogen-bond donors (Lipinski definition) is 3. The van der Waals surface area contributed by atoms with Crippen LogP contribution in [0.15, 0.2) is 30.9 Å². The van der Waals surface area contributed by atoms with E-state index in [1.54, 1.807) is 45.9 Å². The smallest absolute Gasteiger partial charge is 0.408 e. The molecule has 8 nitrogen and oxygen atoms in total. The molecule has 0 bridgehead atoms. The topological polar surface area (TPSA) is 108 Å². The average Bonchev–Trinajstić information content (AvgIpc) is 2.73. The number of carbonyl (C=O) groups is 3. The highest BCUT2D eigenvalue weighted by Gasteiger charge is 2.36. The minimum absolute atomic E-state index is 0.0869. The molecule has 1 aromatic carbocycles. The zero-order valence-electron chi connectivity index (χ0n) is 23.2. The highest BCUT2D eigenvalue weighted by molar-refractivity contribution is 5.92. The largest absolute Gasteiger partial charge is 0.508 e. The van der Waals surface area contributed by atoms with Crippen molar-refractivity contribution in [3.05, 3.63) is 42.0 Å². The molecule has 0 saturated carbocycles. The second-order valence-corrected chi connectivity index (χ2v) is 10.8. The highest BCUT2D eigenvalue weighted by atomic mass is 16.6. The lowest BCUT2D eigenvalue weighted by Gasteiger charge is -2.35. The van der Waals surface area contributed by atoms with Gasteiger partial charge in [-0.1, -0.05) is 39.3 Å². The van der Waals surface area contributed by atoms with Gasteiger partial charge < -0.3 is 25.4 Å². The molecule has 0 heterocycles. The third kappa shape index (κ3) is 9.91. The normalized spacial score (nSPS) is 13.9. The fraction of sp³-hybridized carbons (Fsp3) is 0.607. The van der Waals surface area contributed by atoms with Crippen LogP contribution in [0.2, 0.25) is 0 Å². The molecule has 1 rings (SSSR count). The Labute approximate surface area is 216 Å². The van der Waals surface area contributed by atoms with E-state index >= 15 is 0 Å². The van der Waals surface area contributed by atoms with Crippen LogP contribution < -0.4 is 10.6 Å². The molecule has 0 fully saturated rings. The number of amides is 3. The summed E-state index contributed by atoms with van der Waals surface area (Å²) in [4.78, 5) is 41.5. The average molecular weight is 504 g/mol. The molecule has 36 heavy (non-hydrogen) atoms. The first-order valence-corrected chi connectivity index (χ1v) is 12.7. The summed E-state index contributed by atoms with van der Waals surface area (Å²) >= 11 is 0. The fourth-order valence-electron chi connectivity index (χ4n) is 3.95. The first-order valence-electron chi connectivity index (χ1n) is 12.7. The van der Waals surface area contributed by atoms with Crippen LogP contribution in [0.4, 0.5) is 4.79 Å². The predicted molar refractivity (Wildman–Crippen MR) is 143 cm³/mol. The van der Waals surface area contributed by atoms with Gasteiger partial charge in [0.1, 0.15) is 23.4 Å². The maximum atomic E-state index is 13.9. The first-order chi connectivity index (χ1) is 16.7. The van der Waals surface area contributed by atoms with Gasteiger partial charge >= 0.3 is 6.09 Å². The molecule has 0 aliphatic carbocycles. The van der Waals surface area contributed by atoms with Gasteiger partial charge in [0.15, 0.2) is 0 Å². The van der Waals surface area contributed by atoms with Gasteiger partial charge in [-0.15, -0.1) is 6.58 Å². The summed E-state index contributed by atoms with van der Waals surface area (Å²) in [5.74, 6) is -0.560. The van der Waals surface area contributed by atoms with Crippen molar-refractivity contribution in [2.24, 2.45) is 5.92 Å². The van der Waals surface area contributed by atoms with Crippen molar-refractivity contribution in [1.82, 2.24) is 15.5 Å². The number of aromatic hydroxyl groups is 1. The summed E-state index contributed by atoms with van der Waals surface area (Å²) in [5.41, 5.74) is 0.420. The van der Waals surface area contributed by atoms with E-state index in [0.29, 0.717) is 17.5 Å². The number of phenolic OH excluding ortho intramolecular Hbond substituents is 1. The minimum Gasteiger partial charge on any atom is -0.508 e. The van der Waals surface area contributed by atoms with E-state index in [9.17, 15) is 19.5 Å². The summed E-state index contributed by atoms with van der Waals surface area (Å²) in [7, 11) is 0. The lowest BCUT2D eigenvalue weighted by molar-refractivity contribution is -0.142. The lowest BCUT2D eigenvalue weighted by atomic mass is 9.97. The van der Waals surface area contributed by atoms with E-state index < -0.39 is 29.7 Å². The van der Waals surface area contributed by atoms with Crippen LogP contribution in [0.1, 0.15) is 84.9 Å². The Bertz CT molecular complexity index is 907. The Morgan fingerprint density at radius 2 is 1.81 bits per heavy atom. The summed E-state index contributed by atoms with van der Waals surface area (Å²) in [6.07, 6.45) is 2.91. The van der Waals surface area contributed by atoms with Gasteiger partial charge in [-0.05, 0) is 76.6 Å². The monoisotopic (exact) mass is 503 g/mol. The van der Waals surface area contributed by atoms with Gasteiger partial charge in [0.25, 0.3) is 0 Å². The van der Waals surface area contributed by atoms with E-state index in [2.05, 4.69) is 17.2 Å². The van der Waals surface area contributed by atoms with Crippen molar-refractivity contribution in [3.8, 4) is 5.75 Å². The van der Waals surface area contributed by atoms with Gasteiger partial charge in [0.05, 0.1) is 0 Å². The molecular formula is C28H45N3O5. The van der Waals surface area contributed by atoms with Gasteiger partial charge in [-0.2, -0.15) is 0 Å². The number of rotatable bonds is 12. The van der Waals surface area contributed by atoms with E-state index in [4.69, 9.17) is 4.74 Å². The van der Waals surface area contributed by atoms with Gasteiger partial charge in [-0.3, -0.25) is 9.59 Å². The maximum Gasteiger partial charge on any atom is 0.408 e. The number of carbonyl (C=O) groups excluding carboxylic acids is 3. The lowest BCUT2D eigenvalue weighted by Crippen LogP contribution is -2.54. The number of hydrogen-bond acceptors (Lipinski definition) is 5. The highest BCUT2D eigenvalue weighted by Crippen LogP contribution is 2.28. The van der Waals surface area contributed by atoms with Crippen LogP contribution in [0.3, 0.4) is 0 Å². The quantitative estimate of drug-likeness (QED) is 0.348. The Morgan fingerprint density at radius 3 is 2.31 bits per heavy atom. The van der Waals surface area contributed by atoms with Gasteiger partial charge in [-0.25, -0.2) is 4.79 Å². The first kappa shape index (κ1) is 31.0. The molecule has 0 aliphatic rings. The fourth-order valence-corrected chi connectivity index (χ4v) is 3.95. The molecule has 3 unspecified atom stereocenters. The van der Waals surface area contributed by atoms with Crippen LogP contribution in [0, 0.1) is 12.8 Å². The Morgan fingerprint density at radius 1 is 1.17 bits per heavy atom. The number of alkyl carbamates (subject to hydrolysis) is 1. The van der Waals surface area contributed by atoms with Gasteiger partial charge in [0.2, 0.25) is 11.8 Å². The molecule has 0 aliphatic heterocycles. The van der Waals surface area contributed by atoms with E-state index in [1.165, 1.54) is 11.0 Å². The van der Waals surface area contributed by atoms with Crippen molar-refractivity contribution < 1.29 is 24.2 Å². The molecule has 0 saturated heterocycles. The number of ether oxygens (including phenoxy) is 1. The Hall–Kier alpha value is -3.03. The summed E-state index contributed by atoms with van der Waals surface area (Å²) in [6, 6.07) is 2.88. The number of nitrogens with one attached hydrogen (secondary N) is 2. The van der Waals surface area contributed by atoms with Crippen molar-refractivity contribution >= 4 is 17.9 Å². The van der Waals surface area contributed by atoms with Crippen LogP contribution in [0.5, 0.6) is 5.75 Å². The summed E-state index contributed by atoms with van der Waals surface area (Å²) < 4.78 is 5.39. The molecule has 0 spiro atoms. The third-order valence-electron chi connectivity index (χ3n) is 5.51. The number of nitrogens with zero attached hydrogens (tertiary/aromatic N) is 1.